The van der Waals surface area contributed by atoms with Gasteiger partial charge in [0.15, 0.2) is 0 Å². The van der Waals surface area contributed by atoms with E-state index in [0.717, 1.165) is 43.8 Å². The molecule has 5 rings (SSSR count). The van der Waals surface area contributed by atoms with E-state index in [0.29, 0.717) is 0 Å². The Hall–Kier alpha value is -3.15. The molecule has 0 amide bonds. The predicted octanol–water partition coefficient (Wildman–Crippen LogP) is 6.81. The molecule has 1 fully saturated rings. The van der Waals surface area contributed by atoms with Crippen LogP contribution in [0.5, 0.6) is 0 Å². The van der Waals surface area contributed by atoms with Crippen LogP contribution in [-0.4, -0.2) is 29.5 Å². The third kappa shape index (κ3) is 4.80. The van der Waals surface area contributed by atoms with Gasteiger partial charge in [-0.3, -0.25) is 15.0 Å². The number of benzene rings is 3. The standard InChI is InChI=1S/C28H26N2O2S/c31-30(32)24-13-11-21(12-14-24)6-5-17-29-18-15-22(16-19-29)28-25-8-2-1-7-23(25)20-33-27-10-4-3-9-26(27)28/h1-14H,15-20H2. The van der Waals surface area contributed by atoms with Crippen molar-refractivity contribution in [1.82, 2.24) is 4.90 Å². The monoisotopic (exact) mass is 454 g/mol. The van der Waals surface area contributed by atoms with E-state index in [1.165, 1.54) is 27.2 Å². The topological polar surface area (TPSA) is 46.4 Å². The zero-order valence-corrected chi connectivity index (χ0v) is 19.3. The van der Waals surface area contributed by atoms with Crippen molar-refractivity contribution in [2.24, 2.45) is 0 Å². The van der Waals surface area contributed by atoms with Gasteiger partial charge in [-0.15, -0.1) is 11.8 Å². The number of rotatable bonds is 4. The second-order valence-corrected chi connectivity index (χ2v) is 9.49. The largest absolute Gasteiger partial charge is 0.299 e. The number of thioether (sulfide) groups is 1. The molecule has 0 saturated carbocycles. The van der Waals surface area contributed by atoms with Gasteiger partial charge in [0, 0.05) is 42.4 Å². The number of fused-ring (bicyclic) bond motifs is 2. The van der Waals surface area contributed by atoms with Gasteiger partial charge < -0.3 is 0 Å². The fraction of sp³-hybridized carbons (Fsp3) is 0.214. The van der Waals surface area contributed by atoms with E-state index >= 15 is 0 Å². The molecule has 0 aromatic heterocycles. The lowest BCUT2D eigenvalue weighted by atomic mass is 9.86. The summed E-state index contributed by atoms with van der Waals surface area (Å²) in [4.78, 5) is 14.3. The average molecular weight is 455 g/mol. The van der Waals surface area contributed by atoms with Crippen molar-refractivity contribution in [2.45, 2.75) is 23.5 Å². The minimum atomic E-state index is -0.364. The van der Waals surface area contributed by atoms with Gasteiger partial charge >= 0.3 is 0 Å². The molecule has 1 saturated heterocycles. The Kier molecular flexibility index (Phi) is 6.42. The lowest BCUT2D eigenvalue weighted by Gasteiger charge is -2.29. The molecule has 3 aromatic rings. The molecular weight excluding hydrogens is 428 g/mol. The molecule has 2 aliphatic rings. The van der Waals surface area contributed by atoms with Crippen LogP contribution in [0.2, 0.25) is 0 Å². The highest BCUT2D eigenvalue weighted by molar-refractivity contribution is 7.98. The molecule has 0 N–H and O–H groups in total. The summed E-state index contributed by atoms with van der Waals surface area (Å²) in [6.07, 6.45) is 6.36. The van der Waals surface area contributed by atoms with Crippen LogP contribution in [0.1, 0.15) is 35.1 Å². The Balaban J connectivity index is 1.31. The van der Waals surface area contributed by atoms with Crippen LogP contribution in [0.3, 0.4) is 0 Å². The van der Waals surface area contributed by atoms with E-state index in [9.17, 15) is 10.1 Å². The van der Waals surface area contributed by atoms with Crippen molar-refractivity contribution in [3.05, 3.63) is 117 Å². The van der Waals surface area contributed by atoms with Gasteiger partial charge in [-0.1, -0.05) is 60.2 Å². The normalized spacial score (nSPS) is 16.4. The number of piperidine rings is 1. The van der Waals surface area contributed by atoms with Crippen LogP contribution in [-0.2, 0) is 5.75 Å². The lowest BCUT2D eigenvalue weighted by Crippen LogP contribution is -2.31. The highest BCUT2D eigenvalue weighted by atomic mass is 32.2. The number of hydrogen-bond donors (Lipinski definition) is 0. The first-order valence-electron chi connectivity index (χ1n) is 11.3. The number of likely N-dealkylation sites (tertiary alicyclic amines) is 1. The van der Waals surface area contributed by atoms with E-state index in [4.69, 9.17) is 0 Å². The summed E-state index contributed by atoms with van der Waals surface area (Å²) in [6, 6.07) is 24.4. The van der Waals surface area contributed by atoms with E-state index in [1.807, 2.05) is 17.8 Å². The lowest BCUT2D eigenvalue weighted by molar-refractivity contribution is -0.384. The molecule has 5 heteroatoms. The van der Waals surface area contributed by atoms with Crippen LogP contribution in [0.15, 0.2) is 89.3 Å². The molecule has 166 valence electrons. The molecule has 0 unspecified atom stereocenters. The summed E-state index contributed by atoms with van der Waals surface area (Å²) < 4.78 is 0. The maximum Gasteiger partial charge on any atom is 0.269 e. The molecule has 0 atom stereocenters. The van der Waals surface area contributed by atoms with E-state index in [2.05, 4.69) is 59.5 Å². The number of nitro benzene ring substituents is 1. The van der Waals surface area contributed by atoms with Crippen molar-refractivity contribution >= 4 is 29.1 Å². The summed E-state index contributed by atoms with van der Waals surface area (Å²) in [5.74, 6) is 1.02. The van der Waals surface area contributed by atoms with Gasteiger partial charge in [-0.2, -0.15) is 0 Å². The Labute approximate surface area is 198 Å². The average Bonchev–Trinajstić information content (AvgIpc) is 3.02. The number of hydrogen-bond acceptors (Lipinski definition) is 4. The first-order chi connectivity index (χ1) is 16.2. The van der Waals surface area contributed by atoms with Crippen LogP contribution in [0, 0.1) is 10.1 Å². The Bertz CT molecular complexity index is 1170. The fourth-order valence-electron chi connectivity index (χ4n) is 4.67. The Morgan fingerprint density at radius 2 is 1.61 bits per heavy atom. The molecular formula is C28H26N2O2S. The molecule has 0 radical (unpaired) electrons. The number of nitro groups is 1. The van der Waals surface area contributed by atoms with Gasteiger partial charge in [0.1, 0.15) is 0 Å². The van der Waals surface area contributed by atoms with Crippen LogP contribution in [0.4, 0.5) is 5.69 Å². The van der Waals surface area contributed by atoms with Gasteiger partial charge in [-0.05, 0) is 58.9 Å². The van der Waals surface area contributed by atoms with Gasteiger partial charge in [0.25, 0.3) is 5.69 Å². The van der Waals surface area contributed by atoms with Crippen molar-refractivity contribution in [3.63, 3.8) is 0 Å². The summed E-state index contributed by atoms with van der Waals surface area (Å²) in [5, 5.41) is 10.8. The highest BCUT2D eigenvalue weighted by Gasteiger charge is 2.23. The Morgan fingerprint density at radius 3 is 2.36 bits per heavy atom. The smallest absolute Gasteiger partial charge is 0.269 e. The SMILES string of the molecule is O=[N+]([O-])c1ccc(C=CCN2CCC(=C3c4ccccc4CSc4ccccc43)CC2)cc1. The van der Waals surface area contributed by atoms with Crippen molar-refractivity contribution in [3.8, 4) is 0 Å². The van der Waals surface area contributed by atoms with E-state index in [-0.39, 0.29) is 10.6 Å². The summed E-state index contributed by atoms with van der Waals surface area (Å²) in [7, 11) is 0. The van der Waals surface area contributed by atoms with Crippen molar-refractivity contribution in [1.29, 1.82) is 0 Å². The van der Waals surface area contributed by atoms with Gasteiger partial charge in [0.05, 0.1) is 4.92 Å². The highest BCUT2D eigenvalue weighted by Crippen LogP contribution is 2.43. The maximum absolute atomic E-state index is 10.8. The molecule has 0 spiro atoms. The third-order valence-electron chi connectivity index (χ3n) is 6.42. The molecule has 0 aliphatic carbocycles. The Morgan fingerprint density at radius 1 is 0.909 bits per heavy atom. The summed E-state index contributed by atoms with van der Waals surface area (Å²) in [5.41, 5.74) is 8.34. The zero-order valence-electron chi connectivity index (χ0n) is 18.4. The van der Waals surface area contributed by atoms with Gasteiger partial charge in [-0.25, -0.2) is 0 Å². The minimum absolute atomic E-state index is 0.129. The van der Waals surface area contributed by atoms with Crippen molar-refractivity contribution in [2.75, 3.05) is 19.6 Å². The maximum atomic E-state index is 10.8. The predicted molar refractivity (Wildman–Crippen MR) is 136 cm³/mol. The summed E-state index contributed by atoms with van der Waals surface area (Å²) in [6.45, 7) is 2.98. The zero-order chi connectivity index (χ0) is 22.6. The second-order valence-electron chi connectivity index (χ2n) is 8.47. The first-order valence-corrected chi connectivity index (χ1v) is 12.3. The first kappa shape index (κ1) is 21.7. The summed E-state index contributed by atoms with van der Waals surface area (Å²) >= 11 is 1.94. The molecule has 4 nitrogen and oxygen atoms in total. The van der Waals surface area contributed by atoms with Crippen LogP contribution < -0.4 is 0 Å². The molecule has 33 heavy (non-hydrogen) atoms. The molecule has 2 heterocycles. The number of non-ortho nitro benzene ring substituents is 1. The third-order valence-corrected chi connectivity index (χ3v) is 7.54. The van der Waals surface area contributed by atoms with Crippen LogP contribution in [0.25, 0.3) is 11.6 Å². The molecule has 3 aromatic carbocycles. The van der Waals surface area contributed by atoms with E-state index in [1.54, 1.807) is 29.8 Å². The minimum Gasteiger partial charge on any atom is -0.299 e. The van der Waals surface area contributed by atoms with Crippen molar-refractivity contribution < 1.29 is 4.92 Å². The number of nitrogens with zero attached hydrogens (tertiary/aromatic N) is 2. The quantitative estimate of drug-likeness (QED) is 0.321. The second kappa shape index (κ2) is 9.77. The van der Waals surface area contributed by atoms with E-state index < -0.39 is 0 Å². The molecule has 2 aliphatic heterocycles. The van der Waals surface area contributed by atoms with Gasteiger partial charge in [0.2, 0.25) is 0 Å². The molecule has 0 bridgehead atoms. The fourth-order valence-corrected chi connectivity index (χ4v) is 5.73. The van der Waals surface area contributed by atoms with Crippen LogP contribution >= 0.6 is 11.8 Å².